The first-order chi connectivity index (χ1) is 10.4. The van der Waals surface area contributed by atoms with Gasteiger partial charge in [-0.25, -0.2) is 0 Å². The van der Waals surface area contributed by atoms with Crippen molar-refractivity contribution in [1.82, 2.24) is 19.8 Å². The van der Waals surface area contributed by atoms with Gasteiger partial charge in [-0.15, -0.1) is 10.2 Å². The Hall–Kier alpha value is -2.76. The molecule has 3 aromatic rings. The Morgan fingerprint density at radius 3 is 2.77 bits per heavy atom. The van der Waals surface area contributed by atoms with Crippen LogP contribution in [-0.2, 0) is 4.79 Å². The van der Waals surface area contributed by atoms with Crippen molar-refractivity contribution in [2.45, 2.75) is 20.8 Å². The van der Waals surface area contributed by atoms with Crippen LogP contribution >= 0.6 is 0 Å². The summed E-state index contributed by atoms with van der Waals surface area (Å²) in [6.45, 7) is 5.65. The summed E-state index contributed by atoms with van der Waals surface area (Å²) in [6, 6.07) is 11.4. The number of fused-ring (bicyclic) bond motifs is 1. The molecule has 0 spiro atoms. The molecule has 0 radical (unpaired) electrons. The molecule has 112 valence electrons. The van der Waals surface area contributed by atoms with E-state index >= 15 is 0 Å². The molecule has 0 aliphatic heterocycles. The summed E-state index contributed by atoms with van der Waals surface area (Å²) in [4.78, 5) is 12.1. The molecule has 2 heterocycles. The van der Waals surface area contributed by atoms with Crippen molar-refractivity contribution < 1.29 is 4.79 Å². The van der Waals surface area contributed by atoms with Crippen molar-refractivity contribution in [3.05, 3.63) is 42.7 Å². The zero-order chi connectivity index (χ0) is 15.7. The van der Waals surface area contributed by atoms with Gasteiger partial charge >= 0.3 is 0 Å². The lowest BCUT2D eigenvalue weighted by atomic mass is 9.95. The van der Waals surface area contributed by atoms with Crippen LogP contribution in [0.25, 0.3) is 16.9 Å². The summed E-state index contributed by atoms with van der Waals surface area (Å²) >= 11 is 0. The predicted octanol–water partition coefficient (Wildman–Crippen LogP) is 2.78. The maximum atomic E-state index is 12.1. The van der Waals surface area contributed by atoms with E-state index in [1.807, 2.05) is 57.2 Å². The van der Waals surface area contributed by atoms with E-state index in [1.54, 1.807) is 10.8 Å². The molecule has 0 aliphatic carbocycles. The van der Waals surface area contributed by atoms with E-state index in [1.165, 1.54) is 0 Å². The van der Waals surface area contributed by atoms with Gasteiger partial charge in [-0.05, 0) is 24.3 Å². The number of benzene rings is 1. The van der Waals surface area contributed by atoms with Gasteiger partial charge < -0.3 is 5.32 Å². The highest BCUT2D eigenvalue weighted by molar-refractivity contribution is 5.95. The summed E-state index contributed by atoms with van der Waals surface area (Å²) in [7, 11) is 0. The number of nitrogens with zero attached hydrogens (tertiary/aromatic N) is 4. The molecule has 6 heteroatoms. The van der Waals surface area contributed by atoms with Crippen LogP contribution in [0.5, 0.6) is 0 Å². The first kappa shape index (κ1) is 14.2. The van der Waals surface area contributed by atoms with Gasteiger partial charge in [0.15, 0.2) is 5.65 Å². The smallest absolute Gasteiger partial charge is 0.229 e. The van der Waals surface area contributed by atoms with Crippen LogP contribution in [0.3, 0.4) is 0 Å². The average Bonchev–Trinajstić information content (AvgIpc) is 2.94. The summed E-state index contributed by atoms with van der Waals surface area (Å²) in [5.74, 6) is -0.0214. The molecule has 1 N–H and O–H groups in total. The Balaban J connectivity index is 1.91. The van der Waals surface area contributed by atoms with Crippen molar-refractivity contribution in [2.75, 3.05) is 5.32 Å². The topological polar surface area (TPSA) is 72.2 Å². The van der Waals surface area contributed by atoms with Gasteiger partial charge in [0.05, 0.1) is 5.69 Å². The highest BCUT2D eigenvalue weighted by atomic mass is 16.2. The minimum atomic E-state index is -0.435. The summed E-state index contributed by atoms with van der Waals surface area (Å²) in [6.07, 6.45) is 1.56. The van der Waals surface area contributed by atoms with Crippen LogP contribution in [0.4, 0.5) is 5.69 Å². The molecular formula is C16H17N5O. The van der Waals surface area contributed by atoms with Gasteiger partial charge in [-0.1, -0.05) is 32.9 Å². The van der Waals surface area contributed by atoms with Gasteiger partial charge in [0, 0.05) is 16.7 Å². The number of rotatable bonds is 2. The van der Waals surface area contributed by atoms with E-state index < -0.39 is 5.41 Å². The maximum Gasteiger partial charge on any atom is 0.229 e. The van der Waals surface area contributed by atoms with E-state index in [0.717, 1.165) is 16.9 Å². The summed E-state index contributed by atoms with van der Waals surface area (Å²) in [5, 5.41) is 15.1. The molecule has 22 heavy (non-hydrogen) atoms. The number of amides is 1. The van der Waals surface area contributed by atoms with Crippen molar-refractivity contribution >= 4 is 17.2 Å². The predicted molar refractivity (Wildman–Crippen MR) is 84.3 cm³/mol. The molecule has 0 fully saturated rings. The number of aromatic nitrogens is 4. The second kappa shape index (κ2) is 5.22. The minimum Gasteiger partial charge on any atom is -0.326 e. The molecule has 6 nitrogen and oxygen atoms in total. The van der Waals surface area contributed by atoms with Crippen LogP contribution in [0.1, 0.15) is 20.8 Å². The Morgan fingerprint density at radius 1 is 1.18 bits per heavy atom. The zero-order valence-corrected chi connectivity index (χ0v) is 12.7. The fourth-order valence-corrected chi connectivity index (χ4v) is 1.96. The van der Waals surface area contributed by atoms with Crippen LogP contribution in [-0.4, -0.2) is 25.7 Å². The number of anilines is 1. The van der Waals surface area contributed by atoms with Gasteiger partial charge in [-0.2, -0.15) is 9.61 Å². The zero-order valence-electron chi connectivity index (χ0n) is 12.7. The van der Waals surface area contributed by atoms with Crippen molar-refractivity contribution in [1.29, 1.82) is 0 Å². The van der Waals surface area contributed by atoms with Gasteiger partial charge in [0.2, 0.25) is 5.91 Å². The van der Waals surface area contributed by atoms with Crippen molar-refractivity contribution in [3.63, 3.8) is 0 Å². The number of nitrogens with one attached hydrogen (secondary N) is 1. The monoisotopic (exact) mass is 295 g/mol. The molecule has 3 rings (SSSR count). The Labute approximate surface area is 128 Å². The SMILES string of the molecule is CC(C)(C)C(=O)Nc1cccc(-c2ccc3nncn3n2)c1. The lowest BCUT2D eigenvalue weighted by molar-refractivity contribution is -0.123. The number of hydrogen-bond acceptors (Lipinski definition) is 4. The summed E-state index contributed by atoms with van der Waals surface area (Å²) < 4.78 is 1.62. The summed E-state index contributed by atoms with van der Waals surface area (Å²) in [5.41, 5.74) is 2.72. The molecule has 1 amide bonds. The second-order valence-electron chi connectivity index (χ2n) is 6.14. The number of carbonyl (C=O) groups is 1. The quantitative estimate of drug-likeness (QED) is 0.789. The van der Waals surface area contributed by atoms with E-state index in [9.17, 15) is 4.79 Å². The highest BCUT2D eigenvalue weighted by Gasteiger charge is 2.21. The Bertz CT molecular complexity index is 832. The van der Waals surface area contributed by atoms with Crippen molar-refractivity contribution in [3.8, 4) is 11.3 Å². The third-order valence-corrected chi connectivity index (χ3v) is 3.26. The Kier molecular flexibility index (Phi) is 3.36. The number of carbonyl (C=O) groups excluding carboxylic acids is 1. The third kappa shape index (κ3) is 2.81. The average molecular weight is 295 g/mol. The highest BCUT2D eigenvalue weighted by Crippen LogP contribution is 2.23. The fraction of sp³-hybridized carbons (Fsp3) is 0.250. The Morgan fingerprint density at radius 2 is 2.00 bits per heavy atom. The van der Waals surface area contributed by atoms with Gasteiger partial charge in [0.1, 0.15) is 6.33 Å². The van der Waals surface area contributed by atoms with Crippen molar-refractivity contribution in [2.24, 2.45) is 5.41 Å². The first-order valence-electron chi connectivity index (χ1n) is 7.02. The number of hydrogen-bond donors (Lipinski definition) is 1. The third-order valence-electron chi connectivity index (χ3n) is 3.26. The van der Waals surface area contributed by atoms with Crippen LogP contribution in [0.2, 0.25) is 0 Å². The molecular weight excluding hydrogens is 278 g/mol. The standard InChI is InChI=1S/C16H17N5O/c1-16(2,3)15(22)18-12-6-4-5-11(9-12)13-7-8-14-19-17-10-21(14)20-13/h4-10H,1-3H3,(H,18,22). The van der Waals surface area contributed by atoms with E-state index in [2.05, 4.69) is 20.6 Å². The molecule has 0 aliphatic rings. The van der Waals surface area contributed by atoms with Gasteiger partial charge in [0.25, 0.3) is 0 Å². The van der Waals surface area contributed by atoms with E-state index in [0.29, 0.717) is 5.65 Å². The van der Waals surface area contributed by atoms with Crippen LogP contribution in [0, 0.1) is 5.41 Å². The fourth-order valence-electron chi connectivity index (χ4n) is 1.96. The lowest BCUT2D eigenvalue weighted by Gasteiger charge is -2.18. The minimum absolute atomic E-state index is 0.0214. The first-order valence-corrected chi connectivity index (χ1v) is 7.02. The molecule has 0 saturated heterocycles. The van der Waals surface area contributed by atoms with Crippen LogP contribution < -0.4 is 5.32 Å². The molecule has 0 atom stereocenters. The molecule has 0 saturated carbocycles. The maximum absolute atomic E-state index is 12.1. The normalized spacial score (nSPS) is 11.6. The molecule has 2 aromatic heterocycles. The second-order valence-corrected chi connectivity index (χ2v) is 6.14. The lowest BCUT2D eigenvalue weighted by Crippen LogP contribution is -2.27. The largest absolute Gasteiger partial charge is 0.326 e. The van der Waals surface area contributed by atoms with E-state index in [-0.39, 0.29) is 5.91 Å². The van der Waals surface area contributed by atoms with Gasteiger partial charge in [-0.3, -0.25) is 4.79 Å². The van der Waals surface area contributed by atoms with E-state index in [4.69, 9.17) is 0 Å². The van der Waals surface area contributed by atoms with Crippen LogP contribution in [0.15, 0.2) is 42.7 Å². The molecule has 0 unspecified atom stereocenters. The molecule has 1 aromatic carbocycles. The molecule has 0 bridgehead atoms.